The molecule has 0 aliphatic carbocycles. The molecule has 3 unspecified atom stereocenters. The van der Waals surface area contributed by atoms with E-state index in [1.807, 2.05) is 6.08 Å². The van der Waals surface area contributed by atoms with E-state index in [-0.39, 0.29) is 16.7 Å². The molecule has 1 fully saturated rings. The zero-order valence-electron chi connectivity index (χ0n) is 5.71. The maximum Gasteiger partial charge on any atom is 0.168 e. The van der Waals surface area contributed by atoms with Gasteiger partial charge in [-0.1, -0.05) is 6.08 Å². The fourth-order valence-corrected chi connectivity index (χ4v) is 2.25. The topological polar surface area (TPSA) is 18.5 Å². The molecule has 2 rings (SSSR count). The first-order valence-corrected chi connectivity index (χ1v) is 4.13. The Kier molecular flexibility index (Phi) is 1.41. The summed E-state index contributed by atoms with van der Waals surface area (Å²) in [6, 6.07) is 0. The van der Waals surface area contributed by atoms with Crippen LogP contribution in [0.25, 0.3) is 0 Å². The quantitative estimate of drug-likeness (QED) is 0.476. The lowest BCUT2D eigenvalue weighted by Gasteiger charge is -2.21. The van der Waals surface area contributed by atoms with Crippen molar-refractivity contribution < 1.29 is 9.47 Å². The number of fused-ring (bicyclic) bond motifs is 2. The highest BCUT2D eigenvalue weighted by Crippen LogP contribution is 2.44. The van der Waals surface area contributed by atoms with Gasteiger partial charge in [0.1, 0.15) is 6.10 Å². The Morgan fingerprint density at radius 2 is 2.60 bits per heavy atom. The Morgan fingerprint density at radius 3 is 2.90 bits per heavy atom. The second-order valence-corrected chi connectivity index (χ2v) is 3.91. The Labute approximate surface area is 68.3 Å². The van der Waals surface area contributed by atoms with E-state index < -0.39 is 0 Å². The molecule has 2 bridgehead atoms. The van der Waals surface area contributed by atoms with Crippen molar-refractivity contribution in [2.24, 2.45) is 0 Å². The summed E-state index contributed by atoms with van der Waals surface area (Å²) in [5, 5.41) is 0. The van der Waals surface area contributed by atoms with Crippen LogP contribution >= 0.6 is 15.9 Å². The maximum atomic E-state index is 5.54. The van der Waals surface area contributed by atoms with Crippen LogP contribution < -0.4 is 0 Å². The van der Waals surface area contributed by atoms with Gasteiger partial charge in [0.05, 0.1) is 6.10 Å². The Bertz CT molecular complexity index is 180. The summed E-state index contributed by atoms with van der Waals surface area (Å²) in [6.07, 6.45) is 5.52. The van der Waals surface area contributed by atoms with E-state index >= 15 is 0 Å². The molecule has 0 saturated carbocycles. The lowest BCUT2D eigenvalue weighted by Crippen LogP contribution is -2.30. The number of ether oxygens (including phenoxy) is 2. The minimum Gasteiger partial charge on any atom is -0.377 e. The molecular weight excluding hydrogens is 196 g/mol. The zero-order valence-corrected chi connectivity index (χ0v) is 7.30. The minimum absolute atomic E-state index is 0.183. The van der Waals surface area contributed by atoms with Gasteiger partial charge in [0.2, 0.25) is 0 Å². The summed E-state index contributed by atoms with van der Waals surface area (Å²) in [7, 11) is 1.71. The third kappa shape index (κ3) is 0.775. The van der Waals surface area contributed by atoms with Gasteiger partial charge in [-0.05, 0) is 22.0 Å². The number of rotatable bonds is 1. The van der Waals surface area contributed by atoms with Crippen LogP contribution in [0.3, 0.4) is 0 Å². The highest BCUT2D eigenvalue weighted by Gasteiger charge is 2.48. The smallest absolute Gasteiger partial charge is 0.168 e. The lowest BCUT2D eigenvalue weighted by atomic mass is 10.1. The predicted octanol–water partition coefficient (Wildman–Crippen LogP) is 1.45. The molecule has 2 aliphatic heterocycles. The number of methoxy groups -OCH3 is 1. The first-order valence-electron chi connectivity index (χ1n) is 3.33. The van der Waals surface area contributed by atoms with Crippen LogP contribution in [-0.4, -0.2) is 23.8 Å². The molecule has 2 aliphatic rings. The Morgan fingerprint density at radius 1 is 1.80 bits per heavy atom. The monoisotopic (exact) mass is 204 g/mol. The van der Waals surface area contributed by atoms with Gasteiger partial charge in [0, 0.05) is 13.5 Å². The van der Waals surface area contributed by atoms with Crippen molar-refractivity contribution in [3.63, 3.8) is 0 Å². The van der Waals surface area contributed by atoms with E-state index in [9.17, 15) is 0 Å². The van der Waals surface area contributed by atoms with Crippen LogP contribution in [-0.2, 0) is 9.47 Å². The first-order chi connectivity index (χ1) is 4.74. The van der Waals surface area contributed by atoms with Gasteiger partial charge >= 0.3 is 0 Å². The Hall–Kier alpha value is 0.140. The second kappa shape index (κ2) is 2.06. The van der Waals surface area contributed by atoms with E-state index in [1.54, 1.807) is 7.11 Å². The summed E-state index contributed by atoms with van der Waals surface area (Å²) in [5.41, 5.74) is 0. The van der Waals surface area contributed by atoms with Crippen molar-refractivity contribution in [3.8, 4) is 0 Å². The predicted molar refractivity (Wildman–Crippen MR) is 41.1 cm³/mol. The zero-order chi connectivity index (χ0) is 7.19. The largest absolute Gasteiger partial charge is 0.377 e. The number of halogens is 1. The van der Waals surface area contributed by atoms with Crippen LogP contribution in [0.4, 0.5) is 0 Å². The van der Waals surface area contributed by atoms with Gasteiger partial charge in [-0.15, -0.1) is 0 Å². The standard InChI is InChI=1S/C7H9BrO2/c1-9-6-4-5-2-3-7(6,8)10-5/h2-3,5-6H,4H2,1H3. The fraction of sp³-hybridized carbons (Fsp3) is 0.714. The minimum atomic E-state index is -0.313. The summed E-state index contributed by atoms with van der Waals surface area (Å²) in [6.45, 7) is 0. The molecule has 0 aromatic heterocycles. The van der Waals surface area contributed by atoms with Crippen molar-refractivity contribution >= 4 is 15.9 Å². The molecule has 56 valence electrons. The van der Waals surface area contributed by atoms with Crippen molar-refractivity contribution in [2.45, 2.75) is 23.1 Å². The second-order valence-electron chi connectivity index (χ2n) is 2.67. The van der Waals surface area contributed by atoms with Crippen molar-refractivity contribution in [2.75, 3.05) is 7.11 Å². The van der Waals surface area contributed by atoms with Gasteiger partial charge < -0.3 is 9.47 Å². The maximum absolute atomic E-state index is 5.54. The molecular formula is C7H9BrO2. The number of alkyl halides is 1. The molecule has 0 radical (unpaired) electrons. The molecule has 0 N–H and O–H groups in total. The van der Waals surface area contributed by atoms with Gasteiger partial charge in [-0.25, -0.2) is 0 Å². The molecule has 0 spiro atoms. The lowest BCUT2D eigenvalue weighted by molar-refractivity contribution is 0.0245. The van der Waals surface area contributed by atoms with E-state index in [0.29, 0.717) is 0 Å². The number of hydrogen-bond donors (Lipinski definition) is 0. The summed E-state index contributed by atoms with van der Waals surface area (Å²) < 4.78 is 10.5. The molecule has 3 heteroatoms. The van der Waals surface area contributed by atoms with Gasteiger partial charge in [0.15, 0.2) is 4.51 Å². The summed E-state index contributed by atoms with van der Waals surface area (Å²) >= 11 is 3.48. The van der Waals surface area contributed by atoms with Crippen molar-refractivity contribution in [1.29, 1.82) is 0 Å². The van der Waals surface area contributed by atoms with Gasteiger partial charge in [-0.2, -0.15) is 0 Å². The van der Waals surface area contributed by atoms with Crippen LogP contribution in [0.1, 0.15) is 6.42 Å². The van der Waals surface area contributed by atoms with E-state index in [1.165, 1.54) is 0 Å². The van der Waals surface area contributed by atoms with Gasteiger partial charge in [0.25, 0.3) is 0 Å². The molecule has 1 saturated heterocycles. The van der Waals surface area contributed by atoms with E-state index in [0.717, 1.165) is 6.42 Å². The van der Waals surface area contributed by atoms with Crippen LogP contribution in [0.2, 0.25) is 0 Å². The average molecular weight is 205 g/mol. The third-order valence-corrected chi connectivity index (χ3v) is 3.00. The van der Waals surface area contributed by atoms with E-state index in [2.05, 4.69) is 22.0 Å². The third-order valence-electron chi connectivity index (χ3n) is 2.04. The molecule has 0 aromatic rings. The molecule has 3 atom stereocenters. The Balaban J connectivity index is 2.23. The summed E-state index contributed by atoms with van der Waals surface area (Å²) in [4.78, 5) is 0. The van der Waals surface area contributed by atoms with Gasteiger partial charge in [-0.3, -0.25) is 0 Å². The first kappa shape index (κ1) is 6.83. The van der Waals surface area contributed by atoms with Crippen LogP contribution in [0, 0.1) is 0 Å². The fourth-order valence-electron chi connectivity index (χ4n) is 1.49. The average Bonchev–Trinajstić information content (AvgIpc) is 2.41. The SMILES string of the molecule is COC1CC2C=CC1(Br)O2. The van der Waals surface area contributed by atoms with E-state index in [4.69, 9.17) is 9.47 Å². The molecule has 2 nitrogen and oxygen atoms in total. The number of hydrogen-bond acceptors (Lipinski definition) is 2. The highest BCUT2D eigenvalue weighted by molar-refractivity contribution is 9.10. The highest BCUT2D eigenvalue weighted by atomic mass is 79.9. The normalized spacial score (nSPS) is 50.6. The van der Waals surface area contributed by atoms with Crippen molar-refractivity contribution in [3.05, 3.63) is 12.2 Å². The summed E-state index contributed by atoms with van der Waals surface area (Å²) in [5.74, 6) is 0. The van der Waals surface area contributed by atoms with Crippen LogP contribution in [0.15, 0.2) is 12.2 Å². The van der Waals surface area contributed by atoms with Crippen molar-refractivity contribution in [1.82, 2.24) is 0 Å². The molecule has 0 aromatic carbocycles. The molecule has 2 heterocycles. The van der Waals surface area contributed by atoms with Crippen LogP contribution in [0.5, 0.6) is 0 Å². The molecule has 10 heavy (non-hydrogen) atoms. The molecule has 0 amide bonds.